The van der Waals surface area contributed by atoms with Crippen LogP contribution in [-0.4, -0.2) is 0 Å². The van der Waals surface area contributed by atoms with Crippen LogP contribution >= 0.6 is 0 Å². The lowest BCUT2D eigenvalue weighted by molar-refractivity contribution is 0.331. The summed E-state index contributed by atoms with van der Waals surface area (Å²) >= 11 is 0. The Balaban J connectivity index is 1.19. The average molecular weight is 793 g/mol. The second-order valence-corrected chi connectivity index (χ2v) is 19.1. The fourth-order valence-electron chi connectivity index (χ4n) is 11.4. The molecule has 1 heteroatoms. The molecule has 8 aromatic rings. The minimum Gasteiger partial charge on any atom is -0.310 e. The predicted molar refractivity (Wildman–Crippen MR) is 257 cm³/mol. The minimum atomic E-state index is -0.714. The maximum absolute atomic E-state index is 9.55. The van der Waals surface area contributed by atoms with Crippen LogP contribution in [0, 0.1) is 0 Å². The average Bonchev–Trinajstić information content (AvgIpc) is 3.75. The zero-order valence-electron chi connectivity index (χ0n) is 40.9. The standard InChI is InChI=1S/C60H53N/c1-57(2)35-36-58(3,4)54-39-51-49(38-53(54)57)48-30-20-29-47(56(48)59(51,5)6)46-28-17-19-32-55(46)61(42-25-14-9-15-26-42)43-33-34-45-44-27-16-18-31-50(44)60(52(45)37-43,40-21-10-7-11-22-40)41-23-12-8-13-24-41/h7-34,37-39H,35-36H2,1-6H3/i9D,14D,15D,25D,26D. The first-order valence-electron chi connectivity index (χ1n) is 24.2. The molecule has 0 amide bonds. The molecular formula is C60H53N. The van der Waals surface area contributed by atoms with E-state index in [9.17, 15) is 2.74 Å². The molecule has 0 heterocycles. The molecule has 3 aliphatic carbocycles. The molecule has 0 unspecified atom stereocenters. The molecule has 0 radical (unpaired) electrons. The fraction of sp³-hybridized carbons (Fsp3) is 0.200. The van der Waals surface area contributed by atoms with Gasteiger partial charge in [0.2, 0.25) is 0 Å². The molecule has 0 fully saturated rings. The fourth-order valence-corrected chi connectivity index (χ4v) is 11.4. The molecule has 0 atom stereocenters. The van der Waals surface area contributed by atoms with Crippen LogP contribution in [0.15, 0.2) is 188 Å². The highest BCUT2D eigenvalue weighted by Crippen LogP contribution is 2.59. The van der Waals surface area contributed by atoms with Crippen molar-refractivity contribution in [3.63, 3.8) is 0 Å². The van der Waals surface area contributed by atoms with E-state index in [1.54, 1.807) is 0 Å². The molecule has 0 bridgehead atoms. The zero-order chi connectivity index (χ0) is 46.1. The van der Waals surface area contributed by atoms with Gasteiger partial charge in [-0.1, -0.05) is 193 Å². The number of hydrogen-bond acceptors (Lipinski definition) is 1. The molecule has 0 aliphatic heterocycles. The number of hydrogen-bond donors (Lipinski definition) is 0. The Morgan fingerprint density at radius 2 is 0.951 bits per heavy atom. The van der Waals surface area contributed by atoms with Gasteiger partial charge in [-0.2, -0.15) is 0 Å². The number of fused-ring (bicyclic) bond motifs is 7. The normalized spacial score (nSPS) is 17.9. The molecule has 0 aromatic heterocycles. The first-order valence-corrected chi connectivity index (χ1v) is 21.7. The van der Waals surface area contributed by atoms with Gasteiger partial charge in [0.25, 0.3) is 0 Å². The van der Waals surface area contributed by atoms with E-state index >= 15 is 0 Å². The lowest BCUT2D eigenvalue weighted by Crippen LogP contribution is -2.34. The minimum absolute atomic E-state index is 0.0528. The van der Waals surface area contributed by atoms with Crippen LogP contribution in [0.5, 0.6) is 0 Å². The molecule has 1 nitrogen and oxygen atoms in total. The van der Waals surface area contributed by atoms with E-state index in [1.807, 2.05) is 35.2 Å². The number of benzene rings is 8. The van der Waals surface area contributed by atoms with Gasteiger partial charge in [0.1, 0.15) is 0 Å². The molecule has 0 saturated heterocycles. The van der Waals surface area contributed by atoms with E-state index in [1.165, 1.54) is 38.9 Å². The Morgan fingerprint density at radius 1 is 0.410 bits per heavy atom. The molecule has 298 valence electrons. The predicted octanol–water partition coefficient (Wildman–Crippen LogP) is 15.8. The Kier molecular flexibility index (Phi) is 7.18. The summed E-state index contributed by atoms with van der Waals surface area (Å²) in [6, 6.07) is 54.4. The van der Waals surface area contributed by atoms with Gasteiger partial charge in [-0.25, -0.2) is 0 Å². The van der Waals surface area contributed by atoms with E-state index in [-0.39, 0.29) is 46.1 Å². The van der Waals surface area contributed by atoms with E-state index in [0.717, 1.165) is 57.5 Å². The summed E-state index contributed by atoms with van der Waals surface area (Å²) in [7, 11) is 0. The SMILES string of the molecule is [2H]c1c([2H])c([2H])c(N(c2ccc3c(c2)C(c2ccccc2)(c2ccccc2)c2ccccc2-3)c2ccccc2-c2cccc3c2C(C)(C)c2cc4c(cc2-3)C(C)(C)CCC4(C)C)c([2H])c1[2H]. The highest BCUT2D eigenvalue weighted by molar-refractivity contribution is 5.96. The first-order chi connectivity index (χ1) is 31.6. The summed E-state index contributed by atoms with van der Waals surface area (Å²) in [6.45, 7) is 14.2. The molecule has 61 heavy (non-hydrogen) atoms. The van der Waals surface area contributed by atoms with Crippen LogP contribution in [0.3, 0.4) is 0 Å². The molecule has 0 spiro atoms. The number of para-hydroxylation sites is 2. The summed E-state index contributed by atoms with van der Waals surface area (Å²) in [5, 5.41) is 0. The van der Waals surface area contributed by atoms with Gasteiger partial charge >= 0.3 is 0 Å². The van der Waals surface area contributed by atoms with Crippen LogP contribution in [0.25, 0.3) is 33.4 Å². The van der Waals surface area contributed by atoms with Crippen molar-refractivity contribution in [2.45, 2.75) is 76.0 Å². The number of anilines is 3. The monoisotopic (exact) mass is 792 g/mol. The molecule has 0 saturated carbocycles. The summed E-state index contributed by atoms with van der Waals surface area (Å²) < 4.78 is 45.7. The quantitative estimate of drug-likeness (QED) is 0.162. The van der Waals surface area contributed by atoms with Crippen LogP contribution in [-0.2, 0) is 21.7 Å². The lowest BCUT2D eigenvalue weighted by atomic mass is 9.62. The third kappa shape index (κ3) is 5.46. The summed E-state index contributed by atoms with van der Waals surface area (Å²) in [4.78, 5) is 1.93. The third-order valence-corrected chi connectivity index (χ3v) is 14.5. The Bertz CT molecular complexity index is 3220. The maximum Gasteiger partial charge on any atom is 0.0714 e. The summed E-state index contributed by atoms with van der Waals surface area (Å²) in [5.41, 5.74) is 17.1. The lowest BCUT2D eigenvalue weighted by Gasteiger charge is -2.42. The first kappa shape index (κ1) is 32.3. The van der Waals surface area contributed by atoms with Gasteiger partial charge < -0.3 is 4.90 Å². The molecule has 3 aliphatic rings. The van der Waals surface area contributed by atoms with Crippen molar-refractivity contribution in [1.29, 1.82) is 0 Å². The van der Waals surface area contributed by atoms with E-state index in [4.69, 9.17) is 4.11 Å². The Morgan fingerprint density at radius 3 is 1.62 bits per heavy atom. The summed E-state index contributed by atoms with van der Waals surface area (Å²) in [6.07, 6.45) is 2.27. The Labute approximate surface area is 369 Å². The molecule has 0 N–H and O–H groups in total. The Hall–Kier alpha value is -6.44. The van der Waals surface area contributed by atoms with Crippen LogP contribution in [0.2, 0.25) is 0 Å². The van der Waals surface area contributed by atoms with Crippen molar-refractivity contribution >= 4 is 17.1 Å². The van der Waals surface area contributed by atoms with Crippen LogP contribution < -0.4 is 4.90 Å². The van der Waals surface area contributed by atoms with Crippen molar-refractivity contribution in [2.24, 2.45) is 0 Å². The zero-order valence-corrected chi connectivity index (χ0v) is 35.9. The van der Waals surface area contributed by atoms with Crippen molar-refractivity contribution in [2.75, 3.05) is 4.90 Å². The third-order valence-electron chi connectivity index (χ3n) is 14.5. The second-order valence-electron chi connectivity index (χ2n) is 19.1. The van der Waals surface area contributed by atoms with E-state index in [0.29, 0.717) is 5.69 Å². The van der Waals surface area contributed by atoms with Crippen LogP contribution in [0.1, 0.15) is 106 Å². The second kappa shape index (κ2) is 13.5. The largest absolute Gasteiger partial charge is 0.310 e. The van der Waals surface area contributed by atoms with Gasteiger partial charge in [-0.15, -0.1) is 0 Å². The number of nitrogens with zero attached hydrogens (tertiary/aromatic N) is 1. The van der Waals surface area contributed by atoms with Crippen molar-refractivity contribution in [1.82, 2.24) is 0 Å². The van der Waals surface area contributed by atoms with Gasteiger partial charge in [0.15, 0.2) is 0 Å². The van der Waals surface area contributed by atoms with Gasteiger partial charge in [-0.3, -0.25) is 0 Å². The molecule has 8 aromatic carbocycles. The molecular weight excluding hydrogens is 735 g/mol. The van der Waals surface area contributed by atoms with Crippen LogP contribution in [0.4, 0.5) is 17.1 Å². The maximum atomic E-state index is 9.55. The van der Waals surface area contributed by atoms with Gasteiger partial charge in [0.05, 0.1) is 18.0 Å². The highest BCUT2D eigenvalue weighted by Gasteiger charge is 2.47. The van der Waals surface area contributed by atoms with E-state index < -0.39 is 11.5 Å². The van der Waals surface area contributed by atoms with Crippen molar-refractivity contribution < 1.29 is 6.85 Å². The van der Waals surface area contributed by atoms with Crippen molar-refractivity contribution in [3.05, 3.63) is 232 Å². The smallest absolute Gasteiger partial charge is 0.0714 e. The van der Waals surface area contributed by atoms with E-state index in [2.05, 4.69) is 169 Å². The molecule has 11 rings (SSSR count). The van der Waals surface area contributed by atoms with Crippen molar-refractivity contribution in [3.8, 4) is 33.4 Å². The van der Waals surface area contributed by atoms with Gasteiger partial charge in [-0.05, 0) is 132 Å². The van der Waals surface area contributed by atoms with Gasteiger partial charge in [0, 0.05) is 22.4 Å². The topological polar surface area (TPSA) is 3.24 Å². The summed E-state index contributed by atoms with van der Waals surface area (Å²) in [5.74, 6) is 0. The highest BCUT2D eigenvalue weighted by atomic mass is 15.1. The number of rotatable bonds is 6.